The summed E-state index contributed by atoms with van der Waals surface area (Å²) in [6, 6.07) is 14.6. The number of hydrogen-bond acceptors (Lipinski definition) is 6. The van der Waals surface area contributed by atoms with Crippen LogP contribution in [-0.2, 0) is 10.2 Å². The van der Waals surface area contributed by atoms with Crippen LogP contribution in [0.1, 0.15) is 32.2 Å². The van der Waals surface area contributed by atoms with Crippen LogP contribution in [0, 0.1) is 5.82 Å². The quantitative estimate of drug-likeness (QED) is 0.236. The fraction of sp³-hybridized carbons (Fsp3) is 0.214. The van der Waals surface area contributed by atoms with E-state index in [1.807, 2.05) is 26.8 Å². The smallest absolute Gasteiger partial charge is 0.282 e. The SMILES string of the molecule is COc1cc(C=Nn2c(C(C)(C)C)nc3ccc(Br)cc3c2=O)cc(Br)c1OCC(=O)Nc1ccccc1F. The monoisotopic (exact) mass is 658 g/mol. The lowest BCUT2D eigenvalue weighted by atomic mass is 9.95. The third kappa shape index (κ3) is 6.54. The van der Waals surface area contributed by atoms with Crippen molar-refractivity contribution in [2.75, 3.05) is 19.0 Å². The molecule has 202 valence electrons. The lowest BCUT2D eigenvalue weighted by Gasteiger charge is -2.21. The Hall–Kier alpha value is -3.57. The Morgan fingerprint density at radius 3 is 2.59 bits per heavy atom. The van der Waals surface area contributed by atoms with Gasteiger partial charge in [-0.15, -0.1) is 0 Å². The standard InChI is InChI=1S/C28H25Br2FN4O4/c1-28(2,3)27-34-21-10-9-17(29)13-18(21)26(37)35(27)32-14-16-11-19(30)25(23(12-16)38-4)39-15-24(36)33-22-8-6-5-7-20(22)31/h5-14H,15H2,1-4H3,(H,33,36). The van der Waals surface area contributed by atoms with Crippen molar-refractivity contribution in [1.29, 1.82) is 0 Å². The molecule has 0 saturated heterocycles. The summed E-state index contributed by atoms with van der Waals surface area (Å²) in [6.07, 6.45) is 1.52. The zero-order chi connectivity index (χ0) is 28.3. The first kappa shape index (κ1) is 28.4. The number of aromatic nitrogens is 2. The predicted molar refractivity (Wildman–Crippen MR) is 157 cm³/mol. The molecule has 0 radical (unpaired) electrons. The number of carbonyl (C=O) groups is 1. The molecule has 4 aromatic rings. The van der Waals surface area contributed by atoms with Gasteiger partial charge in [0.25, 0.3) is 11.5 Å². The molecule has 0 atom stereocenters. The number of methoxy groups -OCH3 is 1. The van der Waals surface area contributed by atoms with Crippen molar-refractivity contribution >= 4 is 60.6 Å². The van der Waals surface area contributed by atoms with Crippen molar-refractivity contribution in [3.8, 4) is 11.5 Å². The minimum absolute atomic E-state index is 0.0593. The van der Waals surface area contributed by atoms with E-state index in [9.17, 15) is 14.0 Å². The maximum absolute atomic E-state index is 13.8. The Labute approximate surface area is 241 Å². The number of halogens is 3. The molecule has 11 heteroatoms. The second-order valence-corrected chi connectivity index (χ2v) is 11.3. The fourth-order valence-electron chi connectivity index (χ4n) is 3.71. The number of ether oxygens (including phenoxy) is 2. The van der Waals surface area contributed by atoms with E-state index in [1.54, 1.807) is 30.3 Å². The van der Waals surface area contributed by atoms with Gasteiger partial charge in [-0.3, -0.25) is 9.59 Å². The van der Waals surface area contributed by atoms with Gasteiger partial charge in [-0.2, -0.15) is 9.78 Å². The van der Waals surface area contributed by atoms with Gasteiger partial charge in [0.15, 0.2) is 18.1 Å². The summed E-state index contributed by atoms with van der Waals surface area (Å²) in [5.74, 6) is 0.0300. The first-order valence-corrected chi connectivity index (χ1v) is 13.4. The van der Waals surface area contributed by atoms with Crippen molar-refractivity contribution in [1.82, 2.24) is 9.66 Å². The number of benzene rings is 3. The average Bonchev–Trinajstić information content (AvgIpc) is 2.88. The van der Waals surface area contributed by atoms with E-state index in [1.165, 1.54) is 36.2 Å². The lowest BCUT2D eigenvalue weighted by molar-refractivity contribution is -0.118. The normalized spacial score (nSPS) is 11.7. The zero-order valence-corrected chi connectivity index (χ0v) is 24.8. The van der Waals surface area contributed by atoms with Crippen LogP contribution in [0.4, 0.5) is 10.1 Å². The van der Waals surface area contributed by atoms with Gasteiger partial charge in [0.2, 0.25) is 0 Å². The maximum Gasteiger partial charge on any atom is 0.282 e. The van der Waals surface area contributed by atoms with Crippen LogP contribution < -0.4 is 20.3 Å². The minimum Gasteiger partial charge on any atom is -0.493 e. The highest BCUT2D eigenvalue weighted by Gasteiger charge is 2.23. The molecular formula is C28H25Br2FN4O4. The highest BCUT2D eigenvalue weighted by atomic mass is 79.9. The summed E-state index contributed by atoms with van der Waals surface area (Å²) in [5.41, 5.74) is 0.489. The average molecular weight is 660 g/mol. The maximum atomic E-state index is 13.8. The number of hydrogen-bond donors (Lipinski definition) is 1. The van der Waals surface area contributed by atoms with Gasteiger partial charge >= 0.3 is 0 Å². The Kier molecular flexibility index (Phi) is 8.51. The second kappa shape index (κ2) is 11.7. The third-order valence-electron chi connectivity index (χ3n) is 5.55. The summed E-state index contributed by atoms with van der Waals surface area (Å²) in [4.78, 5) is 30.4. The Morgan fingerprint density at radius 2 is 1.90 bits per heavy atom. The summed E-state index contributed by atoms with van der Waals surface area (Å²) in [5, 5.41) is 7.39. The molecular weight excluding hydrogens is 635 g/mol. The van der Waals surface area contributed by atoms with Crippen molar-refractivity contribution < 1.29 is 18.7 Å². The molecule has 0 bridgehead atoms. The topological polar surface area (TPSA) is 94.8 Å². The number of amides is 1. The number of carbonyl (C=O) groups excluding carboxylic acids is 1. The molecule has 39 heavy (non-hydrogen) atoms. The van der Waals surface area contributed by atoms with Crippen molar-refractivity contribution in [3.63, 3.8) is 0 Å². The molecule has 1 aromatic heterocycles. The van der Waals surface area contributed by atoms with Crippen LogP contribution >= 0.6 is 31.9 Å². The largest absolute Gasteiger partial charge is 0.493 e. The molecule has 1 amide bonds. The number of para-hydroxylation sites is 1. The van der Waals surface area contributed by atoms with E-state index in [0.29, 0.717) is 32.5 Å². The number of anilines is 1. The summed E-state index contributed by atoms with van der Waals surface area (Å²) >= 11 is 6.86. The van der Waals surface area contributed by atoms with Gasteiger partial charge < -0.3 is 14.8 Å². The van der Waals surface area contributed by atoms with E-state index in [2.05, 4.69) is 42.3 Å². The Morgan fingerprint density at radius 1 is 1.15 bits per heavy atom. The van der Waals surface area contributed by atoms with Crippen LogP contribution in [-0.4, -0.2) is 35.5 Å². The lowest BCUT2D eigenvalue weighted by Crippen LogP contribution is -2.29. The van der Waals surface area contributed by atoms with E-state index in [0.717, 1.165) is 4.47 Å². The van der Waals surface area contributed by atoms with Crippen LogP contribution in [0.2, 0.25) is 0 Å². The van der Waals surface area contributed by atoms with Crippen molar-refractivity contribution in [3.05, 3.63) is 91.1 Å². The first-order chi connectivity index (χ1) is 18.5. The molecule has 0 aliphatic carbocycles. The Bertz CT molecular complexity index is 1650. The predicted octanol–water partition coefficient (Wildman–Crippen LogP) is 6.27. The van der Waals surface area contributed by atoms with Gasteiger partial charge in [0.05, 0.1) is 34.4 Å². The van der Waals surface area contributed by atoms with E-state index < -0.39 is 17.1 Å². The zero-order valence-electron chi connectivity index (χ0n) is 21.6. The summed E-state index contributed by atoms with van der Waals surface area (Å²) < 4.78 is 27.5. The molecule has 0 aliphatic heterocycles. The van der Waals surface area contributed by atoms with Gasteiger partial charge in [-0.05, 0) is 64.0 Å². The number of nitrogens with zero attached hydrogens (tertiary/aromatic N) is 3. The van der Waals surface area contributed by atoms with Gasteiger partial charge in [-0.25, -0.2) is 9.37 Å². The van der Waals surface area contributed by atoms with Crippen LogP contribution in [0.3, 0.4) is 0 Å². The highest BCUT2D eigenvalue weighted by molar-refractivity contribution is 9.10. The van der Waals surface area contributed by atoms with Gasteiger partial charge in [0, 0.05) is 9.89 Å². The molecule has 1 N–H and O–H groups in total. The molecule has 4 rings (SSSR count). The third-order valence-corrected chi connectivity index (χ3v) is 6.63. The number of fused-ring (bicyclic) bond motifs is 1. The highest BCUT2D eigenvalue weighted by Crippen LogP contribution is 2.36. The molecule has 0 aliphatic rings. The minimum atomic E-state index is -0.545. The molecule has 3 aromatic carbocycles. The summed E-state index contributed by atoms with van der Waals surface area (Å²) in [6.45, 7) is 5.50. The molecule has 0 saturated carbocycles. The molecule has 8 nitrogen and oxygen atoms in total. The molecule has 0 fully saturated rings. The van der Waals surface area contributed by atoms with Crippen LogP contribution in [0.5, 0.6) is 11.5 Å². The summed E-state index contributed by atoms with van der Waals surface area (Å²) in [7, 11) is 1.46. The van der Waals surface area contributed by atoms with Crippen molar-refractivity contribution in [2.24, 2.45) is 5.10 Å². The molecule has 0 spiro atoms. The fourth-order valence-corrected chi connectivity index (χ4v) is 4.64. The van der Waals surface area contributed by atoms with Crippen molar-refractivity contribution in [2.45, 2.75) is 26.2 Å². The molecule has 1 heterocycles. The van der Waals surface area contributed by atoms with Gasteiger partial charge in [-0.1, -0.05) is 48.8 Å². The Balaban J connectivity index is 1.62. The van der Waals surface area contributed by atoms with E-state index in [-0.39, 0.29) is 23.6 Å². The second-order valence-electron chi connectivity index (χ2n) is 9.56. The first-order valence-electron chi connectivity index (χ1n) is 11.8. The van der Waals surface area contributed by atoms with E-state index in [4.69, 9.17) is 14.5 Å². The molecule has 0 unspecified atom stereocenters. The number of rotatable bonds is 7. The number of nitrogens with one attached hydrogen (secondary N) is 1. The van der Waals surface area contributed by atoms with Crippen LogP contribution in [0.25, 0.3) is 10.9 Å². The van der Waals surface area contributed by atoms with Gasteiger partial charge in [0.1, 0.15) is 11.6 Å². The van der Waals surface area contributed by atoms with Crippen LogP contribution in [0.15, 0.2) is 73.4 Å². The van der Waals surface area contributed by atoms with E-state index >= 15 is 0 Å².